The topological polar surface area (TPSA) is 99.3 Å². The number of carbonyl (C=O) groups is 1. The molecule has 2 aromatic rings. The lowest BCUT2D eigenvalue weighted by atomic mass is 10.2. The van der Waals surface area contributed by atoms with Crippen molar-refractivity contribution >= 4 is 22.1 Å². The summed E-state index contributed by atoms with van der Waals surface area (Å²) in [6.45, 7) is 2.83. The van der Waals surface area contributed by atoms with Crippen LogP contribution in [0, 0.1) is 6.92 Å². The van der Waals surface area contributed by atoms with Crippen molar-refractivity contribution in [2.75, 3.05) is 18.0 Å². The van der Waals surface area contributed by atoms with Crippen LogP contribution in [0.5, 0.6) is 0 Å². The van der Waals surface area contributed by atoms with Gasteiger partial charge in [0.1, 0.15) is 0 Å². The van der Waals surface area contributed by atoms with E-state index in [1.165, 1.54) is 0 Å². The van der Waals surface area contributed by atoms with Gasteiger partial charge in [-0.25, -0.2) is 8.42 Å². The van der Waals surface area contributed by atoms with Crippen molar-refractivity contribution in [3.8, 4) is 0 Å². The fraction of sp³-hybridized carbons (Fsp3) is 0.438. The summed E-state index contributed by atoms with van der Waals surface area (Å²) in [5.74, 6) is 0.500. The Morgan fingerprint density at radius 1 is 1.16 bits per heavy atom. The van der Waals surface area contributed by atoms with Crippen molar-refractivity contribution in [2.45, 2.75) is 36.7 Å². The molecule has 4 rings (SSSR count). The molecule has 2 aliphatic rings. The monoisotopic (exact) mass is 361 g/mol. The quantitative estimate of drug-likeness (QED) is 0.815. The molecule has 2 unspecified atom stereocenters. The minimum absolute atomic E-state index is 0.125. The summed E-state index contributed by atoms with van der Waals surface area (Å²) in [7, 11) is -3.54. The molecule has 0 spiro atoms. The second kappa shape index (κ2) is 5.92. The molecule has 1 aromatic heterocycles. The van der Waals surface area contributed by atoms with E-state index in [2.05, 4.69) is 15.4 Å². The van der Waals surface area contributed by atoms with E-state index in [0.717, 1.165) is 18.4 Å². The number of benzene rings is 1. The van der Waals surface area contributed by atoms with Crippen LogP contribution in [-0.4, -0.2) is 59.6 Å². The number of H-pyrrole nitrogens is 1. The van der Waals surface area contributed by atoms with E-state index in [1.54, 1.807) is 16.4 Å². The number of rotatable bonds is 4. The van der Waals surface area contributed by atoms with Gasteiger partial charge in [-0.15, -0.1) is 5.10 Å². The van der Waals surface area contributed by atoms with E-state index in [1.807, 2.05) is 24.0 Å². The fourth-order valence-electron chi connectivity index (χ4n) is 3.93. The molecule has 2 aliphatic heterocycles. The number of hydrogen-bond acceptors (Lipinski definition) is 6. The lowest BCUT2D eigenvalue weighted by Gasteiger charge is -2.40. The van der Waals surface area contributed by atoms with Gasteiger partial charge in [-0.05, 0) is 31.4 Å². The molecule has 9 heteroatoms. The van der Waals surface area contributed by atoms with Crippen LogP contribution in [0.1, 0.15) is 28.9 Å². The van der Waals surface area contributed by atoms with Crippen molar-refractivity contribution in [3.63, 3.8) is 0 Å². The molecular weight excluding hydrogens is 342 g/mol. The van der Waals surface area contributed by atoms with Gasteiger partial charge in [0.2, 0.25) is 10.0 Å². The number of nitrogens with zero attached hydrogens (tertiary/aromatic N) is 4. The van der Waals surface area contributed by atoms with Gasteiger partial charge in [-0.1, -0.05) is 18.2 Å². The molecule has 0 amide bonds. The average molecular weight is 361 g/mol. The van der Waals surface area contributed by atoms with Gasteiger partial charge < -0.3 is 4.90 Å². The van der Waals surface area contributed by atoms with Crippen molar-refractivity contribution in [1.82, 2.24) is 19.7 Å². The summed E-state index contributed by atoms with van der Waals surface area (Å²) in [5, 5.41) is 10.4. The van der Waals surface area contributed by atoms with E-state index in [0.29, 0.717) is 30.1 Å². The Kier molecular flexibility index (Phi) is 3.84. The third-order valence-electron chi connectivity index (χ3n) is 5.03. The number of piperazine rings is 1. The highest BCUT2D eigenvalue weighted by Crippen LogP contribution is 2.37. The molecule has 25 heavy (non-hydrogen) atoms. The Labute approximate surface area is 145 Å². The highest BCUT2D eigenvalue weighted by atomic mass is 32.2. The molecule has 1 aromatic carbocycles. The number of aldehydes is 1. The first-order valence-corrected chi connectivity index (χ1v) is 9.66. The molecule has 8 nitrogen and oxygen atoms in total. The maximum absolute atomic E-state index is 13.2. The van der Waals surface area contributed by atoms with Gasteiger partial charge >= 0.3 is 0 Å². The predicted molar refractivity (Wildman–Crippen MR) is 91.0 cm³/mol. The zero-order valence-electron chi connectivity index (χ0n) is 13.8. The molecule has 0 saturated carbocycles. The van der Waals surface area contributed by atoms with Crippen LogP contribution in [0.3, 0.4) is 0 Å². The van der Waals surface area contributed by atoms with Crippen molar-refractivity contribution in [2.24, 2.45) is 0 Å². The Balaban J connectivity index is 1.65. The van der Waals surface area contributed by atoms with E-state index in [4.69, 9.17) is 0 Å². The van der Waals surface area contributed by atoms with Crippen LogP contribution in [0.15, 0.2) is 29.2 Å². The molecular formula is C16H19N5O3S. The minimum Gasteiger partial charge on any atom is -0.350 e. The molecule has 0 radical (unpaired) electrons. The predicted octanol–water partition coefficient (Wildman–Crippen LogP) is 0.968. The zero-order chi connectivity index (χ0) is 17.6. The van der Waals surface area contributed by atoms with Gasteiger partial charge in [0.25, 0.3) is 0 Å². The third-order valence-corrected chi connectivity index (χ3v) is 7.20. The molecule has 0 aliphatic carbocycles. The third kappa shape index (κ3) is 2.54. The standard InChI is InChI=1S/C16H19N5O3S/c1-11-4-2-3-5-15(11)25(23,24)21-12-6-7-13(21)9-20(8-12)16-14(10-22)17-19-18-16/h2-5,10,12-13H,6-9H2,1H3,(H,17,18,19). The summed E-state index contributed by atoms with van der Waals surface area (Å²) < 4.78 is 28.1. The zero-order valence-corrected chi connectivity index (χ0v) is 14.6. The van der Waals surface area contributed by atoms with E-state index < -0.39 is 10.0 Å². The van der Waals surface area contributed by atoms with Crippen LogP contribution in [-0.2, 0) is 10.0 Å². The first kappa shape index (κ1) is 16.2. The van der Waals surface area contributed by atoms with E-state index >= 15 is 0 Å². The Morgan fingerprint density at radius 2 is 1.84 bits per heavy atom. The number of aromatic amines is 1. The minimum atomic E-state index is -3.54. The molecule has 2 bridgehead atoms. The number of nitrogens with one attached hydrogen (secondary N) is 1. The number of aryl methyl sites for hydroxylation is 1. The van der Waals surface area contributed by atoms with Crippen LogP contribution < -0.4 is 4.90 Å². The van der Waals surface area contributed by atoms with Crippen molar-refractivity contribution < 1.29 is 13.2 Å². The summed E-state index contributed by atoms with van der Waals surface area (Å²) in [6, 6.07) is 6.82. The summed E-state index contributed by atoms with van der Waals surface area (Å²) in [6.07, 6.45) is 2.28. The highest BCUT2D eigenvalue weighted by Gasteiger charge is 2.47. The second-order valence-electron chi connectivity index (χ2n) is 6.54. The number of sulfonamides is 1. The van der Waals surface area contributed by atoms with Gasteiger partial charge in [0, 0.05) is 25.2 Å². The molecule has 2 fully saturated rings. The average Bonchev–Trinajstić information content (AvgIpc) is 3.18. The number of anilines is 1. The van der Waals surface area contributed by atoms with Crippen molar-refractivity contribution in [1.29, 1.82) is 0 Å². The molecule has 2 atom stereocenters. The van der Waals surface area contributed by atoms with Gasteiger partial charge in [0.05, 0.1) is 4.90 Å². The summed E-state index contributed by atoms with van der Waals surface area (Å²) >= 11 is 0. The number of aromatic nitrogens is 3. The van der Waals surface area contributed by atoms with Crippen LogP contribution in [0.4, 0.5) is 5.82 Å². The van der Waals surface area contributed by atoms with Crippen LogP contribution in [0.25, 0.3) is 0 Å². The summed E-state index contributed by atoms with van der Waals surface area (Å²) in [5.41, 5.74) is 1.01. The van der Waals surface area contributed by atoms with Gasteiger partial charge in [-0.2, -0.15) is 14.6 Å². The summed E-state index contributed by atoms with van der Waals surface area (Å²) in [4.78, 5) is 13.4. The number of carbonyl (C=O) groups excluding carboxylic acids is 1. The Hall–Kier alpha value is -2.26. The number of hydrogen-bond donors (Lipinski definition) is 1. The Bertz CT molecular complexity index is 896. The molecule has 1 N–H and O–H groups in total. The molecule has 3 heterocycles. The maximum atomic E-state index is 13.2. The first-order chi connectivity index (χ1) is 12.0. The SMILES string of the molecule is Cc1ccccc1S(=O)(=O)N1C2CCC1CN(c1n[nH]nc1C=O)C2. The highest BCUT2D eigenvalue weighted by molar-refractivity contribution is 7.89. The van der Waals surface area contributed by atoms with E-state index in [9.17, 15) is 13.2 Å². The fourth-order valence-corrected chi connectivity index (χ4v) is 6.02. The van der Waals surface area contributed by atoms with Crippen molar-refractivity contribution in [3.05, 3.63) is 35.5 Å². The lowest BCUT2D eigenvalue weighted by Crippen LogP contribution is -2.56. The van der Waals surface area contributed by atoms with Crippen LogP contribution in [0.2, 0.25) is 0 Å². The maximum Gasteiger partial charge on any atom is 0.243 e. The first-order valence-electron chi connectivity index (χ1n) is 8.22. The van der Waals surface area contributed by atoms with Gasteiger partial charge in [0.15, 0.2) is 17.8 Å². The number of fused-ring (bicyclic) bond motifs is 2. The molecule has 2 saturated heterocycles. The Morgan fingerprint density at radius 3 is 2.48 bits per heavy atom. The van der Waals surface area contributed by atoms with E-state index in [-0.39, 0.29) is 17.8 Å². The molecule has 132 valence electrons. The van der Waals surface area contributed by atoms with Gasteiger partial charge in [-0.3, -0.25) is 4.79 Å². The van der Waals surface area contributed by atoms with Crippen LogP contribution >= 0.6 is 0 Å². The second-order valence-corrected chi connectivity index (χ2v) is 8.35. The smallest absolute Gasteiger partial charge is 0.243 e. The normalized spacial score (nSPS) is 23.8. The lowest BCUT2D eigenvalue weighted by molar-refractivity contribution is 0.111. The largest absolute Gasteiger partial charge is 0.350 e.